The van der Waals surface area contributed by atoms with E-state index in [4.69, 9.17) is 23.2 Å². The molecule has 3 aromatic carbocycles. The standard InChI is InChI=1S/C24H17Cl2N3O4/c1-13-9-10-16(12-17(13)25)29-23(32)20(26)21(24(29)33)27-15-6-4-5-14(11-15)22(31)28-18-7-2-3-8-19(18)30/h2-12,27,30H,1H3,(H,28,31). The third-order valence-electron chi connectivity index (χ3n) is 4.99. The number of carbonyl (C=O) groups excluding carboxylic acids is 3. The van der Waals surface area contributed by atoms with Crippen molar-refractivity contribution in [2.24, 2.45) is 0 Å². The molecule has 3 aromatic rings. The molecule has 0 atom stereocenters. The molecule has 166 valence electrons. The average Bonchev–Trinajstić information content (AvgIpc) is 3.00. The monoisotopic (exact) mass is 481 g/mol. The maximum Gasteiger partial charge on any atom is 0.283 e. The number of rotatable bonds is 5. The van der Waals surface area contributed by atoms with Crippen LogP contribution in [0.4, 0.5) is 17.1 Å². The van der Waals surface area contributed by atoms with E-state index < -0.39 is 17.7 Å². The number of anilines is 3. The maximum atomic E-state index is 13.0. The Morgan fingerprint density at radius 2 is 1.70 bits per heavy atom. The van der Waals surface area contributed by atoms with Crippen LogP contribution in [0.15, 0.2) is 77.5 Å². The third-order valence-corrected chi connectivity index (χ3v) is 5.75. The Bertz CT molecular complexity index is 1340. The summed E-state index contributed by atoms with van der Waals surface area (Å²) < 4.78 is 0. The van der Waals surface area contributed by atoms with Gasteiger partial charge >= 0.3 is 0 Å². The van der Waals surface area contributed by atoms with Crippen molar-refractivity contribution in [1.29, 1.82) is 0 Å². The van der Waals surface area contributed by atoms with Gasteiger partial charge < -0.3 is 15.7 Å². The van der Waals surface area contributed by atoms with Crippen molar-refractivity contribution in [3.05, 3.63) is 93.6 Å². The molecule has 0 fully saturated rings. The molecular weight excluding hydrogens is 465 g/mol. The molecule has 0 radical (unpaired) electrons. The summed E-state index contributed by atoms with van der Waals surface area (Å²) in [5.41, 5.74) is 1.88. The molecule has 0 bridgehead atoms. The van der Waals surface area contributed by atoms with E-state index in [0.29, 0.717) is 16.4 Å². The quantitative estimate of drug-likeness (QED) is 0.350. The number of hydrogen-bond donors (Lipinski definition) is 3. The molecule has 1 heterocycles. The van der Waals surface area contributed by atoms with Gasteiger partial charge in [-0.3, -0.25) is 14.4 Å². The molecule has 3 amide bonds. The number of hydrogen-bond acceptors (Lipinski definition) is 5. The lowest BCUT2D eigenvalue weighted by atomic mass is 10.1. The van der Waals surface area contributed by atoms with Crippen LogP contribution in [0.2, 0.25) is 5.02 Å². The molecule has 0 aliphatic carbocycles. The fourth-order valence-electron chi connectivity index (χ4n) is 3.22. The molecule has 0 unspecified atom stereocenters. The van der Waals surface area contributed by atoms with E-state index in [0.717, 1.165) is 10.5 Å². The van der Waals surface area contributed by atoms with Crippen LogP contribution in [0, 0.1) is 6.92 Å². The minimum absolute atomic E-state index is 0.0663. The summed E-state index contributed by atoms with van der Waals surface area (Å²) in [5, 5.41) is 15.4. The van der Waals surface area contributed by atoms with E-state index in [1.807, 2.05) is 0 Å². The van der Waals surface area contributed by atoms with Gasteiger partial charge in [0.25, 0.3) is 17.7 Å². The first-order valence-corrected chi connectivity index (χ1v) is 10.5. The minimum Gasteiger partial charge on any atom is -0.506 e. The highest BCUT2D eigenvalue weighted by Gasteiger charge is 2.39. The highest BCUT2D eigenvalue weighted by Crippen LogP contribution is 2.32. The highest BCUT2D eigenvalue weighted by molar-refractivity contribution is 6.53. The van der Waals surface area contributed by atoms with Gasteiger partial charge in [-0.05, 0) is 55.0 Å². The van der Waals surface area contributed by atoms with Gasteiger partial charge in [0.2, 0.25) is 0 Å². The van der Waals surface area contributed by atoms with E-state index in [2.05, 4.69) is 10.6 Å². The Labute approximate surface area is 199 Å². The zero-order valence-electron chi connectivity index (χ0n) is 17.2. The molecule has 1 aliphatic rings. The van der Waals surface area contributed by atoms with Crippen LogP contribution in [0.5, 0.6) is 5.75 Å². The lowest BCUT2D eigenvalue weighted by Crippen LogP contribution is -2.32. The van der Waals surface area contributed by atoms with Crippen LogP contribution >= 0.6 is 23.2 Å². The van der Waals surface area contributed by atoms with E-state index in [1.54, 1.807) is 55.5 Å². The molecule has 4 rings (SSSR count). The predicted octanol–water partition coefficient (Wildman–Crippen LogP) is 5.04. The molecule has 0 aromatic heterocycles. The van der Waals surface area contributed by atoms with Gasteiger partial charge in [-0.25, -0.2) is 4.90 Å². The number of para-hydroxylation sites is 2. The van der Waals surface area contributed by atoms with Crippen molar-refractivity contribution in [2.75, 3.05) is 15.5 Å². The van der Waals surface area contributed by atoms with Crippen LogP contribution in [0.25, 0.3) is 0 Å². The lowest BCUT2D eigenvalue weighted by Gasteiger charge is -2.16. The zero-order chi connectivity index (χ0) is 23.7. The number of halogens is 2. The number of phenols is 1. The number of nitrogens with one attached hydrogen (secondary N) is 2. The summed E-state index contributed by atoms with van der Waals surface area (Å²) in [6, 6.07) is 17.5. The molecule has 1 aliphatic heterocycles. The largest absolute Gasteiger partial charge is 0.506 e. The summed E-state index contributed by atoms with van der Waals surface area (Å²) in [4.78, 5) is 39.2. The number of nitrogens with zero attached hydrogens (tertiary/aromatic N) is 1. The van der Waals surface area contributed by atoms with E-state index in [1.165, 1.54) is 18.2 Å². The van der Waals surface area contributed by atoms with Gasteiger partial charge in [0.1, 0.15) is 16.5 Å². The SMILES string of the molecule is Cc1ccc(N2C(=O)C(Cl)=C(Nc3cccc(C(=O)Nc4ccccc4O)c3)C2=O)cc1Cl. The van der Waals surface area contributed by atoms with Crippen LogP contribution in [-0.2, 0) is 9.59 Å². The number of aryl methyl sites for hydroxylation is 1. The molecule has 0 saturated carbocycles. The summed E-state index contributed by atoms with van der Waals surface area (Å²) in [5.74, 6) is -1.86. The smallest absolute Gasteiger partial charge is 0.283 e. The molecule has 33 heavy (non-hydrogen) atoms. The van der Waals surface area contributed by atoms with Crippen LogP contribution in [0.3, 0.4) is 0 Å². The van der Waals surface area contributed by atoms with Gasteiger partial charge in [-0.15, -0.1) is 0 Å². The molecule has 0 saturated heterocycles. The van der Waals surface area contributed by atoms with Crippen LogP contribution < -0.4 is 15.5 Å². The summed E-state index contributed by atoms with van der Waals surface area (Å²) in [7, 11) is 0. The Morgan fingerprint density at radius 1 is 0.939 bits per heavy atom. The second kappa shape index (κ2) is 8.97. The van der Waals surface area contributed by atoms with Crippen molar-refractivity contribution in [2.45, 2.75) is 6.92 Å². The Balaban J connectivity index is 1.56. The number of phenolic OH excluding ortho intramolecular Hbond substituents is 1. The molecule has 9 heteroatoms. The Morgan fingerprint density at radius 3 is 2.42 bits per heavy atom. The van der Waals surface area contributed by atoms with Gasteiger partial charge in [-0.1, -0.05) is 47.5 Å². The van der Waals surface area contributed by atoms with E-state index in [9.17, 15) is 19.5 Å². The first-order valence-electron chi connectivity index (χ1n) is 9.77. The molecule has 3 N–H and O–H groups in total. The predicted molar refractivity (Wildman–Crippen MR) is 128 cm³/mol. The van der Waals surface area contributed by atoms with Gasteiger partial charge in [-0.2, -0.15) is 0 Å². The number of carbonyl (C=O) groups is 3. The average molecular weight is 482 g/mol. The van der Waals surface area contributed by atoms with Crippen LogP contribution in [0.1, 0.15) is 15.9 Å². The summed E-state index contributed by atoms with van der Waals surface area (Å²) in [6.45, 7) is 1.81. The Kier molecular flexibility index (Phi) is 6.09. The first-order chi connectivity index (χ1) is 15.8. The van der Waals surface area contributed by atoms with E-state index in [-0.39, 0.29) is 27.7 Å². The van der Waals surface area contributed by atoms with Crippen molar-refractivity contribution in [3.8, 4) is 5.75 Å². The second-order valence-corrected chi connectivity index (χ2v) is 8.03. The normalized spacial score (nSPS) is 13.5. The second-order valence-electron chi connectivity index (χ2n) is 7.25. The van der Waals surface area contributed by atoms with Crippen molar-refractivity contribution in [1.82, 2.24) is 0 Å². The molecule has 0 spiro atoms. The van der Waals surface area contributed by atoms with Gasteiger partial charge in [0, 0.05) is 16.3 Å². The number of imide groups is 1. The zero-order valence-corrected chi connectivity index (χ0v) is 18.7. The number of amides is 3. The summed E-state index contributed by atoms with van der Waals surface area (Å²) >= 11 is 12.3. The van der Waals surface area contributed by atoms with Gasteiger partial charge in [0.05, 0.1) is 11.4 Å². The van der Waals surface area contributed by atoms with Crippen molar-refractivity contribution >= 4 is 58.0 Å². The minimum atomic E-state index is -0.683. The number of aromatic hydroxyl groups is 1. The maximum absolute atomic E-state index is 13.0. The lowest BCUT2D eigenvalue weighted by molar-refractivity contribution is -0.120. The number of benzene rings is 3. The topological polar surface area (TPSA) is 98.7 Å². The molecule has 7 nitrogen and oxygen atoms in total. The van der Waals surface area contributed by atoms with Crippen molar-refractivity contribution < 1.29 is 19.5 Å². The molecular formula is C24H17Cl2N3O4. The highest BCUT2D eigenvalue weighted by atomic mass is 35.5. The Hall–Kier alpha value is -3.81. The fraction of sp³-hybridized carbons (Fsp3) is 0.0417. The third kappa shape index (κ3) is 4.41. The summed E-state index contributed by atoms with van der Waals surface area (Å²) in [6.07, 6.45) is 0. The van der Waals surface area contributed by atoms with Crippen LogP contribution in [-0.4, -0.2) is 22.8 Å². The fourth-order valence-corrected chi connectivity index (χ4v) is 3.61. The van der Waals surface area contributed by atoms with Crippen molar-refractivity contribution in [3.63, 3.8) is 0 Å². The van der Waals surface area contributed by atoms with E-state index >= 15 is 0 Å². The first kappa shape index (κ1) is 22.4. The van der Waals surface area contributed by atoms with Gasteiger partial charge in [0.15, 0.2) is 0 Å².